The van der Waals surface area contributed by atoms with Crippen molar-refractivity contribution < 1.29 is 0 Å². The molecule has 1 N–H and O–H groups in total. The van der Waals surface area contributed by atoms with Crippen LogP contribution >= 0.6 is 0 Å². The van der Waals surface area contributed by atoms with Crippen LogP contribution in [0.4, 0.5) is 0 Å². The molecule has 37 heavy (non-hydrogen) atoms. The molecule has 4 heteroatoms. The number of benzene rings is 5. The minimum atomic E-state index is 0.653. The van der Waals surface area contributed by atoms with Crippen molar-refractivity contribution >= 4 is 21.8 Å². The predicted octanol–water partition coefficient (Wildman–Crippen LogP) is 8.17. The molecule has 0 aliphatic carbocycles. The highest BCUT2D eigenvalue weighted by atomic mass is 15.0. The molecular weight excluding hydrogens is 452 g/mol. The van der Waals surface area contributed by atoms with Crippen LogP contribution in [0.1, 0.15) is 0 Å². The van der Waals surface area contributed by atoms with Gasteiger partial charge in [0.25, 0.3) is 0 Å². The lowest BCUT2D eigenvalue weighted by molar-refractivity contribution is 1.07. The van der Waals surface area contributed by atoms with Gasteiger partial charge in [-0.3, -0.25) is 0 Å². The van der Waals surface area contributed by atoms with Gasteiger partial charge >= 0.3 is 0 Å². The molecule has 0 radical (unpaired) electrons. The first-order valence-corrected chi connectivity index (χ1v) is 12.3. The molecule has 0 aliphatic rings. The van der Waals surface area contributed by atoms with Crippen molar-refractivity contribution in [1.82, 2.24) is 19.9 Å². The van der Waals surface area contributed by atoms with Crippen molar-refractivity contribution in [1.29, 1.82) is 0 Å². The third-order valence-electron chi connectivity index (χ3n) is 6.66. The molecular formula is C33H22N4. The number of hydrogen-bond donors (Lipinski definition) is 1. The number of aromatic amines is 1. The molecule has 7 rings (SSSR count). The summed E-state index contributed by atoms with van der Waals surface area (Å²) in [5, 5.41) is 2.44. The van der Waals surface area contributed by atoms with Crippen LogP contribution in [0.25, 0.3) is 67.1 Å². The van der Waals surface area contributed by atoms with Crippen molar-refractivity contribution in [3.05, 3.63) is 127 Å². The van der Waals surface area contributed by atoms with Gasteiger partial charge in [-0.2, -0.15) is 0 Å². The highest BCUT2D eigenvalue weighted by Gasteiger charge is 2.14. The minimum Gasteiger partial charge on any atom is -0.354 e. The highest BCUT2D eigenvalue weighted by Crippen LogP contribution is 2.36. The Morgan fingerprint density at radius 3 is 1.62 bits per heavy atom. The lowest BCUT2D eigenvalue weighted by atomic mass is 9.98. The van der Waals surface area contributed by atoms with Crippen LogP contribution in [0.15, 0.2) is 127 Å². The SMILES string of the molecule is c1ccc(-c2nc(-c3ccccc3)nc(-c3cccc(-c4cccc5[nH]c6ccccc6c45)c3)n2)cc1. The third kappa shape index (κ3) is 3.85. The van der Waals surface area contributed by atoms with Crippen molar-refractivity contribution in [2.45, 2.75) is 0 Å². The number of nitrogens with one attached hydrogen (secondary N) is 1. The summed E-state index contributed by atoms with van der Waals surface area (Å²) in [7, 11) is 0. The highest BCUT2D eigenvalue weighted by molar-refractivity contribution is 6.14. The summed E-state index contributed by atoms with van der Waals surface area (Å²) >= 11 is 0. The van der Waals surface area contributed by atoms with Gasteiger partial charge in [0, 0.05) is 38.5 Å². The van der Waals surface area contributed by atoms with E-state index in [0.717, 1.165) is 33.3 Å². The zero-order chi connectivity index (χ0) is 24.6. The van der Waals surface area contributed by atoms with Gasteiger partial charge in [-0.1, -0.05) is 109 Å². The van der Waals surface area contributed by atoms with Gasteiger partial charge in [0.2, 0.25) is 0 Å². The van der Waals surface area contributed by atoms with E-state index in [1.165, 1.54) is 16.3 Å². The quantitative estimate of drug-likeness (QED) is 0.280. The Balaban J connectivity index is 1.41. The fraction of sp³-hybridized carbons (Fsp3) is 0. The third-order valence-corrected chi connectivity index (χ3v) is 6.66. The van der Waals surface area contributed by atoms with Gasteiger partial charge in [-0.15, -0.1) is 0 Å². The van der Waals surface area contributed by atoms with E-state index in [1.807, 2.05) is 60.7 Å². The summed E-state index contributed by atoms with van der Waals surface area (Å²) in [6.07, 6.45) is 0. The maximum absolute atomic E-state index is 4.91. The Morgan fingerprint density at radius 1 is 0.405 bits per heavy atom. The largest absolute Gasteiger partial charge is 0.354 e. The standard InChI is InChI=1S/C33H22N4/c1-3-11-22(12-4-1)31-35-32(23-13-5-2-6-14-23)37-33(36-31)25-16-9-15-24(21-25)26-18-10-20-29-30(26)27-17-7-8-19-28(27)34-29/h1-21,34H. The Hall–Kier alpha value is -5.09. The van der Waals surface area contributed by atoms with Crippen LogP contribution in [0, 0.1) is 0 Å². The fourth-order valence-corrected chi connectivity index (χ4v) is 4.91. The number of rotatable bonds is 4. The smallest absolute Gasteiger partial charge is 0.164 e. The van der Waals surface area contributed by atoms with Gasteiger partial charge in [0.05, 0.1) is 0 Å². The Morgan fingerprint density at radius 2 is 0.919 bits per heavy atom. The molecule has 0 saturated carbocycles. The summed E-state index contributed by atoms with van der Waals surface area (Å²) in [6.45, 7) is 0. The molecule has 4 nitrogen and oxygen atoms in total. The van der Waals surface area contributed by atoms with Crippen LogP contribution in [0.2, 0.25) is 0 Å². The summed E-state index contributed by atoms with van der Waals surface area (Å²) < 4.78 is 0. The summed E-state index contributed by atoms with van der Waals surface area (Å²) in [6, 6.07) is 43.5. The molecule has 2 aromatic heterocycles. The molecule has 174 valence electrons. The van der Waals surface area contributed by atoms with Crippen molar-refractivity contribution in [3.8, 4) is 45.3 Å². The van der Waals surface area contributed by atoms with Crippen LogP contribution in [-0.2, 0) is 0 Å². The average molecular weight is 475 g/mol. The van der Waals surface area contributed by atoms with E-state index in [4.69, 9.17) is 15.0 Å². The molecule has 0 unspecified atom stereocenters. The number of hydrogen-bond acceptors (Lipinski definition) is 3. The first kappa shape index (κ1) is 21.2. The van der Waals surface area contributed by atoms with Crippen LogP contribution in [-0.4, -0.2) is 19.9 Å². The van der Waals surface area contributed by atoms with Crippen LogP contribution in [0.3, 0.4) is 0 Å². The number of nitrogens with zero attached hydrogens (tertiary/aromatic N) is 3. The lowest BCUT2D eigenvalue weighted by Gasteiger charge is -2.10. The van der Waals surface area contributed by atoms with E-state index in [1.54, 1.807) is 0 Å². The monoisotopic (exact) mass is 474 g/mol. The van der Waals surface area contributed by atoms with Crippen molar-refractivity contribution in [3.63, 3.8) is 0 Å². The zero-order valence-corrected chi connectivity index (χ0v) is 20.0. The molecule has 0 fully saturated rings. The van der Waals surface area contributed by atoms with E-state index in [0.29, 0.717) is 17.5 Å². The van der Waals surface area contributed by atoms with E-state index in [-0.39, 0.29) is 0 Å². The van der Waals surface area contributed by atoms with E-state index in [2.05, 4.69) is 71.7 Å². The topological polar surface area (TPSA) is 54.5 Å². The Bertz CT molecular complexity index is 1810. The molecule has 0 saturated heterocycles. The summed E-state index contributed by atoms with van der Waals surface area (Å²) in [5.41, 5.74) is 7.44. The van der Waals surface area contributed by atoms with Gasteiger partial charge in [-0.25, -0.2) is 15.0 Å². The summed E-state index contributed by atoms with van der Waals surface area (Å²) in [5.74, 6) is 1.97. The molecule has 2 heterocycles. The molecule has 5 aromatic carbocycles. The second-order valence-corrected chi connectivity index (χ2v) is 9.02. The Labute approximate surface area is 214 Å². The molecule has 0 spiro atoms. The second kappa shape index (κ2) is 8.85. The molecule has 0 amide bonds. The first-order chi connectivity index (χ1) is 18.3. The maximum atomic E-state index is 4.91. The van der Waals surface area contributed by atoms with Crippen molar-refractivity contribution in [2.75, 3.05) is 0 Å². The van der Waals surface area contributed by atoms with Gasteiger partial charge in [0.15, 0.2) is 17.5 Å². The minimum absolute atomic E-state index is 0.653. The number of aromatic nitrogens is 4. The second-order valence-electron chi connectivity index (χ2n) is 9.02. The Kier molecular flexibility index (Phi) is 5.07. The lowest BCUT2D eigenvalue weighted by Crippen LogP contribution is -2.00. The number of para-hydroxylation sites is 1. The molecule has 0 atom stereocenters. The maximum Gasteiger partial charge on any atom is 0.164 e. The van der Waals surface area contributed by atoms with Crippen LogP contribution < -0.4 is 0 Å². The van der Waals surface area contributed by atoms with E-state index in [9.17, 15) is 0 Å². The zero-order valence-electron chi connectivity index (χ0n) is 20.0. The predicted molar refractivity (Wildman–Crippen MR) is 151 cm³/mol. The normalized spacial score (nSPS) is 11.2. The molecule has 0 aliphatic heterocycles. The van der Waals surface area contributed by atoms with E-state index < -0.39 is 0 Å². The van der Waals surface area contributed by atoms with Crippen LogP contribution in [0.5, 0.6) is 0 Å². The molecule has 7 aromatic rings. The number of fused-ring (bicyclic) bond motifs is 3. The van der Waals surface area contributed by atoms with Gasteiger partial charge in [0.1, 0.15) is 0 Å². The van der Waals surface area contributed by atoms with Gasteiger partial charge < -0.3 is 4.98 Å². The van der Waals surface area contributed by atoms with E-state index >= 15 is 0 Å². The van der Waals surface area contributed by atoms with Crippen molar-refractivity contribution in [2.24, 2.45) is 0 Å². The molecule has 0 bridgehead atoms. The average Bonchev–Trinajstić information content (AvgIpc) is 3.37. The first-order valence-electron chi connectivity index (χ1n) is 12.3. The summed E-state index contributed by atoms with van der Waals surface area (Å²) in [4.78, 5) is 18.2. The number of H-pyrrole nitrogens is 1. The fourth-order valence-electron chi connectivity index (χ4n) is 4.91. The van der Waals surface area contributed by atoms with Gasteiger partial charge in [-0.05, 0) is 29.3 Å².